The van der Waals surface area contributed by atoms with Crippen LogP contribution < -0.4 is 10.1 Å². The van der Waals surface area contributed by atoms with E-state index in [0.29, 0.717) is 23.4 Å². The molecule has 0 aliphatic carbocycles. The molecule has 1 N–H and O–H groups in total. The first-order valence-electron chi connectivity index (χ1n) is 11.2. The van der Waals surface area contributed by atoms with E-state index in [-0.39, 0.29) is 29.3 Å². The van der Waals surface area contributed by atoms with Crippen LogP contribution in [0.3, 0.4) is 0 Å². The molecule has 0 spiro atoms. The van der Waals surface area contributed by atoms with Crippen LogP contribution in [0.1, 0.15) is 59.6 Å². The summed E-state index contributed by atoms with van der Waals surface area (Å²) in [5.41, 5.74) is 3.42. The Morgan fingerprint density at radius 3 is 1.97 bits per heavy atom. The van der Waals surface area contributed by atoms with Gasteiger partial charge >= 0.3 is 0 Å². The molecule has 5 nitrogen and oxygen atoms in total. The summed E-state index contributed by atoms with van der Waals surface area (Å²) in [5, 5.41) is 3.23. The van der Waals surface area contributed by atoms with Crippen molar-refractivity contribution in [2.75, 3.05) is 11.9 Å². The number of hydrogen-bond acceptors (Lipinski definition) is 4. The lowest BCUT2D eigenvalue weighted by Crippen LogP contribution is -2.35. The minimum absolute atomic E-state index is 0.0377. The molecule has 2 aromatic rings. The van der Waals surface area contributed by atoms with Crippen molar-refractivity contribution >= 4 is 23.1 Å². The van der Waals surface area contributed by atoms with Crippen LogP contribution in [0.5, 0.6) is 5.75 Å². The van der Waals surface area contributed by atoms with Crippen LogP contribution >= 0.6 is 0 Å². The highest BCUT2D eigenvalue weighted by Crippen LogP contribution is 2.32. The predicted octanol–water partition coefficient (Wildman–Crippen LogP) is 5.62. The van der Waals surface area contributed by atoms with Gasteiger partial charge in [0.15, 0.2) is 0 Å². The number of carbonyl (C=O) groups is 2. The smallest absolute Gasteiger partial charge is 0.278 e. The number of benzene rings is 2. The van der Waals surface area contributed by atoms with Crippen molar-refractivity contribution in [3.05, 3.63) is 65.4 Å². The number of ether oxygens (including phenoxy) is 1. The highest BCUT2D eigenvalue weighted by Gasteiger charge is 2.39. The number of rotatable bonds is 7. The molecule has 2 amide bonds. The van der Waals surface area contributed by atoms with Crippen molar-refractivity contribution in [3.8, 4) is 5.75 Å². The van der Waals surface area contributed by atoms with E-state index in [1.54, 1.807) is 0 Å². The molecule has 0 radical (unpaired) electrons. The Hall–Kier alpha value is -3.08. The van der Waals surface area contributed by atoms with E-state index in [1.165, 1.54) is 10.5 Å². The Balaban J connectivity index is 1.99. The minimum atomic E-state index is -0.291. The van der Waals surface area contributed by atoms with Crippen molar-refractivity contribution in [2.24, 2.45) is 5.92 Å². The van der Waals surface area contributed by atoms with E-state index in [9.17, 15) is 9.59 Å². The van der Waals surface area contributed by atoms with Gasteiger partial charge in [0.2, 0.25) is 0 Å². The summed E-state index contributed by atoms with van der Waals surface area (Å²) in [6.45, 7) is 14.8. The Kier molecular flexibility index (Phi) is 6.77. The largest absolute Gasteiger partial charge is 0.491 e. The molecule has 5 heteroatoms. The summed E-state index contributed by atoms with van der Waals surface area (Å²) >= 11 is 0. The molecule has 0 atom stereocenters. The van der Waals surface area contributed by atoms with Crippen molar-refractivity contribution < 1.29 is 14.3 Å². The fourth-order valence-electron chi connectivity index (χ4n) is 3.66. The topological polar surface area (TPSA) is 58.6 Å². The molecule has 1 aliphatic heterocycles. The summed E-state index contributed by atoms with van der Waals surface area (Å²) in [5.74, 6) is 0.347. The lowest BCUT2D eigenvalue weighted by molar-refractivity contribution is -0.137. The number of anilines is 1. The zero-order valence-corrected chi connectivity index (χ0v) is 20.2. The summed E-state index contributed by atoms with van der Waals surface area (Å²) in [6.07, 6.45) is 0.0598. The van der Waals surface area contributed by atoms with E-state index in [0.717, 1.165) is 11.4 Å². The molecule has 170 valence electrons. The van der Waals surface area contributed by atoms with Gasteiger partial charge in [-0.1, -0.05) is 58.9 Å². The fourth-order valence-corrected chi connectivity index (χ4v) is 3.66. The molecule has 0 unspecified atom stereocenters. The molecule has 0 bridgehead atoms. The Labute approximate surface area is 191 Å². The standard InChI is InChI=1S/C27H34N2O3/c1-17(2)16-29-25(30)23(19-8-14-22(15-9-19)32-18(3)4)24(26(29)31)28-21-12-10-20(11-13-21)27(5,6)7/h8-15,17-18,28H,16H2,1-7H3. The summed E-state index contributed by atoms with van der Waals surface area (Å²) < 4.78 is 5.72. The molecular weight excluding hydrogens is 400 g/mol. The van der Waals surface area contributed by atoms with Crippen LogP contribution in [-0.2, 0) is 15.0 Å². The average molecular weight is 435 g/mol. The van der Waals surface area contributed by atoms with Gasteiger partial charge in [0.25, 0.3) is 11.8 Å². The third kappa shape index (κ3) is 5.21. The molecule has 0 saturated heterocycles. The first-order valence-corrected chi connectivity index (χ1v) is 11.2. The lowest BCUT2D eigenvalue weighted by atomic mass is 9.87. The maximum absolute atomic E-state index is 13.3. The third-order valence-corrected chi connectivity index (χ3v) is 5.25. The van der Waals surface area contributed by atoms with E-state index in [2.05, 4.69) is 26.1 Å². The lowest BCUT2D eigenvalue weighted by Gasteiger charge is -2.19. The molecule has 1 heterocycles. The molecule has 0 saturated carbocycles. The SMILES string of the molecule is CC(C)CN1C(=O)C(Nc2ccc(C(C)(C)C)cc2)=C(c2ccc(OC(C)C)cc2)C1=O. The second kappa shape index (κ2) is 9.19. The zero-order chi connectivity index (χ0) is 23.6. The van der Waals surface area contributed by atoms with Gasteiger partial charge in [-0.25, -0.2) is 0 Å². The van der Waals surface area contributed by atoms with E-state index >= 15 is 0 Å². The van der Waals surface area contributed by atoms with Crippen LogP contribution in [-0.4, -0.2) is 29.4 Å². The third-order valence-electron chi connectivity index (χ3n) is 5.25. The summed E-state index contributed by atoms with van der Waals surface area (Å²) in [6, 6.07) is 15.3. The minimum Gasteiger partial charge on any atom is -0.491 e. The second-order valence-corrected chi connectivity index (χ2v) is 10.0. The molecule has 0 aromatic heterocycles. The molecule has 2 aromatic carbocycles. The van der Waals surface area contributed by atoms with E-state index in [1.807, 2.05) is 76.2 Å². The molecule has 3 rings (SSSR count). The van der Waals surface area contributed by atoms with Crippen molar-refractivity contribution in [1.29, 1.82) is 0 Å². The predicted molar refractivity (Wildman–Crippen MR) is 129 cm³/mol. The highest BCUT2D eigenvalue weighted by molar-refractivity contribution is 6.36. The average Bonchev–Trinajstić information content (AvgIpc) is 2.92. The van der Waals surface area contributed by atoms with Gasteiger partial charge in [-0.3, -0.25) is 14.5 Å². The Morgan fingerprint density at radius 2 is 1.47 bits per heavy atom. The van der Waals surface area contributed by atoms with Gasteiger partial charge in [-0.05, 0) is 60.6 Å². The molecule has 1 aliphatic rings. The number of hydrogen-bond donors (Lipinski definition) is 1. The van der Waals surface area contributed by atoms with Crippen LogP contribution in [0.2, 0.25) is 0 Å². The van der Waals surface area contributed by atoms with Gasteiger partial charge in [0.1, 0.15) is 11.4 Å². The summed E-state index contributed by atoms with van der Waals surface area (Å²) in [4.78, 5) is 27.9. The van der Waals surface area contributed by atoms with Crippen molar-refractivity contribution in [2.45, 2.75) is 60.0 Å². The van der Waals surface area contributed by atoms with Gasteiger partial charge < -0.3 is 10.1 Å². The highest BCUT2D eigenvalue weighted by atomic mass is 16.5. The van der Waals surface area contributed by atoms with Crippen molar-refractivity contribution in [1.82, 2.24) is 4.90 Å². The summed E-state index contributed by atoms with van der Waals surface area (Å²) in [7, 11) is 0. The number of carbonyl (C=O) groups excluding carboxylic acids is 2. The van der Waals surface area contributed by atoms with Crippen LogP contribution in [0.4, 0.5) is 5.69 Å². The molecular formula is C27H34N2O3. The van der Waals surface area contributed by atoms with Crippen LogP contribution in [0, 0.1) is 5.92 Å². The normalized spacial score (nSPS) is 14.7. The Morgan fingerprint density at radius 1 is 0.875 bits per heavy atom. The molecule has 32 heavy (non-hydrogen) atoms. The van der Waals surface area contributed by atoms with Gasteiger partial charge in [-0.2, -0.15) is 0 Å². The first-order chi connectivity index (χ1) is 15.0. The maximum atomic E-state index is 13.3. The monoisotopic (exact) mass is 434 g/mol. The number of nitrogens with one attached hydrogen (secondary N) is 1. The van der Waals surface area contributed by atoms with Gasteiger partial charge in [0.05, 0.1) is 11.7 Å². The van der Waals surface area contributed by atoms with Gasteiger partial charge in [-0.15, -0.1) is 0 Å². The molecule has 0 fully saturated rings. The van der Waals surface area contributed by atoms with Gasteiger partial charge in [0, 0.05) is 12.2 Å². The van der Waals surface area contributed by atoms with Crippen molar-refractivity contribution in [3.63, 3.8) is 0 Å². The second-order valence-electron chi connectivity index (χ2n) is 10.0. The first kappa shape index (κ1) is 23.6. The fraction of sp³-hybridized carbons (Fsp3) is 0.407. The quantitative estimate of drug-likeness (QED) is 0.575. The van der Waals surface area contributed by atoms with E-state index in [4.69, 9.17) is 4.74 Å². The maximum Gasteiger partial charge on any atom is 0.278 e. The van der Waals surface area contributed by atoms with Crippen LogP contribution in [0.15, 0.2) is 54.2 Å². The number of amides is 2. The van der Waals surface area contributed by atoms with Crippen LogP contribution in [0.25, 0.3) is 5.57 Å². The Bertz CT molecular complexity index is 1010. The number of imide groups is 1. The zero-order valence-electron chi connectivity index (χ0n) is 20.2. The van der Waals surface area contributed by atoms with E-state index < -0.39 is 0 Å². The number of nitrogens with zero attached hydrogens (tertiary/aromatic N) is 1.